The van der Waals surface area contributed by atoms with Crippen LogP contribution in [-0.4, -0.2) is 28.6 Å². The number of hydrogen-bond acceptors (Lipinski definition) is 2. The number of pyridine rings is 1. The van der Waals surface area contributed by atoms with Crippen LogP contribution >= 0.6 is 0 Å². The van der Waals surface area contributed by atoms with E-state index in [1.165, 1.54) is 12.1 Å². The number of hydrogen-bond donors (Lipinski definition) is 0. The molecule has 5 heteroatoms. The van der Waals surface area contributed by atoms with Gasteiger partial charge in [0, 0.05) is 24.0 Å². The highest BCUT2D eigenvalue weighted by molar-refractivity contribution is 5.81. The lowest BCUT2D eigenvalue weighted by Crippen LogP contribution is -2.48. The highest BCUT2D eigenvalue weighted by atomic mass is 19.1. The number of rotatable bonds is 1. The van der Waals surface area contributed by atoms with Gasteiger partial charge in [0.05, 0.1) is 24.1 Å². The fraction of sp³-hybridized carbons (Fsp3) is 0.214. The van der Waals surface area contributed by atoms with Gasteiger partial charge in [-0.2, -0.15) is 0 Å². The molecule has 0 N–H and O–H groups in total. The molecular weight excluding hydrogens is 248 g/mol. The average Bonchev–Trinajstić information content (AvgIpc) is 2.71. The Kier molecular flexibility index (Phi) is 2.07. The maximum Gasteiger partial charge on any atom is 0.139 e. The zero-order valence-corrected chi connectivity index (χ0v) is 10.1. The van der Waals surface area contributed by atoms with Crippen molar-refractivity contribution in [3.8, 4) is 0 Å². The molecule has 1 fully saturated rings. The van der Waals surface area contributed by atoms with Crippen LogP contribution in [0.15, 0.2) is 36.5 Å². The predicted molar refractivity (Wildman–Crippen MR) is 69.8 cm³/mol. The van der Waals surface area contributed by atoms with Crippen LogP contribution in [0.25, 0.3) is 16.7 Å². The Balaban J connectivity index is 1.87. The number of alkyl halides is 1. The quantitative estimate of drug-likeness (QED) is 0.670. The van der Waals surface area contributed by atoms with E-state index in [1.54, 1.807) is 6.07 Å². The van der Waals surface area contributed by atoms with E-state index in [1.807, 2.05) is 27.6 Å². The van der Waals surface area contributed by atoms with Crippen LogP contribution in [0, 0.1) is 5.82 Å². The molecule has 1 aromatic carbocycles. The topological polar surface area (TPSA) is 20.5 Å². The smallest absolute Gasteiger partial charge is 0.139 e. The Bertz CT molecular complexity index is 775. The summed E-state index contributed by atoms with van der Waals surface area (Å²) in [5, 5.41) is 0. The highest BCUT2D eigenvalue weighted by Gasteiger charge is 2.26. The number of fused-ring (bicyclic) bond motifs is 3. The van der Waals surface area contributed by atoms with Gasteiger partial charge in [-0.15, -0.1) is 0 Å². The molecule has 96 valence electrons. The Morgan fingerprint density at radius 3 is 2.79 bits per heavy atom. The molecule has 1 aliphatic heterocycles. The van der Waals surface area contributed by atoms with Gasteiger partial charge >= 0.3 is 0 Å². The fourth-order valence-electron chi connectivity index (χ4n) is 2.51. The molecule has 4 rings (SSSR count). The third-order valence-corrected chi connectivity index (χ3v) is 3.55. The zero-order chi connectivity index (χ0) is 13.0. The summed E-state index contributed by atoms with van der Waals surface area (Å²) in [5.41, 5.74) is 3.21. The summed E-state index contributed by atoms with van der Waals surface area (Å²) in [6.07, 6.45) is 1.16. The van der Waals surface area contributed by atoms with Gasteiger partial charge in [0.2, 0.25) is 0 Å². The minimum absolute atomic E-state index is 0.292. The number of benzene rings is 1. The van der Waals surface area contributed by atoms with Crippen molar-refractivity contribution in [2.45, 2.75) is 6.17 Å². The monoisotopic (exact) mass is 259 g/mol. The van der Waals surface area contributed by atoms with Crippen molar-refractivity contribution in [3.05, 3.63) is 42.3 Å². The van der Waals surface area contributed by atoms with Gasteiger partial charge in [-0.25, -0.2) is 13.8 Å². The van der Waals surface area contributed by atoms with E-state index in [0.29, 0.717) is 18.6 Å². The van der Waals surface area contributed by atoms with Gasteiger partial charge in [0.25, 0.3) is 0 Å². The molecule has 1 aliphatic rings. The second kappa shape index (κ2) is 3.66. The van der Waals surface area contributed by atoms with E-state index in [9.17, 15) is 8.78 Å². The van der Waals surface area contributed by atoms with Gasteiger partial charge in [-0.3, -0.25) is 4.40 Å². The lowest BCUT2D eigenvalue weighted by Gasteiger charge is -2.36. The number of aromatic nitrogens is 2. The summed E-state index contributed by atoms with van der Waals surface area (Å²) in [6, 6.07) is 8.40. The summed E-state index contributed by atoms with van der Waals surface area (Å²) < 4.78 is 28.0. The molecule has 19 heavy (non-hydrogen) atoms. The predicted octanol–water partition coefficient (Wildman–Crippen LogP) is 2.78. The molecule has 3 nitrogen and oxygen atoms in total. The summed E-state index contributed by atoms with van der Waals surface area (Å²) in [5.74, 6) is -0.292. The average molecular weight is 259 g/mol. The number of nitrogens with zero attached hydrogens (tertiary/aromatic N) is 3. The summed E-state index contributed by atoms with van der Waals surface area (Å²) in [4.78, 5) is 6.36. The van der Waals surface area contributed by atoms with Crippen LogP contribution in [0.5, 0.6) is 0 Å². The van der Waals surface area contributed by atoms with Gasteiger partial charge < -0.3 is 4.90 Å². The molecule has 0 bridgehead atoms. The highest BCUT2D eigenvalue weighted by Crippen LogP contribution is 2.25. The van der Waals surface area contributed by atoms with E-state index in [0.717, 1.165) is 16.9 Å². The first-order valence-electron chi connectivity index (χ1n) is 6.17. The molecule has 1 saturated heterocycles. The number of imidazole rings is 1. The summed E-state index contributed by atoms with van der Waals surface area (Å²) >= 11 is 0. The van der Waals surface area contributed by atoms with Gasteiger partial charge in [-0.1, -0.05) is 0 Å². The van der Waals surface area contributed by atoms with Crippen LogP contribution in [0.2, 0.25) is 0 Å². The maximum atomic E-state index is 13.2. The van der Waals surface area contributed by atoms with Crippen LogP contribution in [0.4, 0.5) is 14.5 Å². The van der Waals surface area contributed by atoms with E-state index >= 15 is 0 Å². The van der Waals surface area contributed by atoms with E-state index in [4.69, 9.17) is 0 Å². The largest absolute Gasteiger partial charge is 0.365 e. The Morgan fingerprint density at radius 2 is 2.00 bits per heavy atom. The first kappa shape index (κ1) is 10.7. The fourth-order valence-corrected chi connectivity index (χ4v) is 2.51. The molecule has 0 unspecified atom stereocenters. The number of halogens is 2. The molecule has 0 saturated carbocycles. The molecule has 3 heterocycles. The van der Waals surface area contributed by atoms with Gasteiger partial charge in [-0.05, 0) is 18.2 Å². The Morgan fingerprint density at radius 1 is 1.16 bits per heavy atom. The number of anilines is 1. The lowest BCUT2D eigenvalue weighted by atomic mass is 10.1. The molecule has 0 radical (unpaired) electrons. The minimum atomic E-state index is -0.732. The van der Waals surface area contributed by atoms with Gasteiger partial charge in [0.1, 0.15) is 17.6 Å². The van der Waals surface area contributed by atoms with E-state index < -0.39 is 6.17 Å². The first-order valence-corrected chi connectivity index (χ1v) is 6.17. The van der Waals surface area contributed by atoms with Crippen LogP contribution < -0.4 is 4.90 Å². The minimum Gasteiger partial charge on any atom is -0.365 e. The third kappa shape index (κ3) is 1.58. The van der Waals surface area contributed by atoms with E-state index in [2.05, 4.69) is 4.98 Å². The second-order valence-electron chi connectivity index (χ2n) is 4.86. The van der Waals surface area contributed by atoms with Crippen LogP contribution in [0.1, 0.15) is 0 Å². The van der Waals surface area contributed by atoms with Crippen molar-refractivity contribution in [3.63, 3.8) is 0 Å². The van der Waals surface area contributed by atoms with Crippen molar-refractivity contribution < 1.29 is 8.78 Å². The lowest BCUT2D eigenvalue weighted by molar-refractivity contribution is 0.275. The third-order valence-electron chi connectivity index (χ3n) is 3.55. The van der Waals surface area contributed by atoms with Crippen molar-refractivity contribution in [1.29, 1.82) is 0 Å². The van der Waals surface area contributed by atoms with Crippen LogP contribution in [-0.2, 0) is 0 Å². The first-order chi connectivity index (χ1) is 9.20. The molecular formula is C14H11F2N3. The van der Waals surface area contributed by atoms with Gasteiger partial charge in [0.15, 0.2) is 0 Å². The SMILES string of the molecule is Fc1ccc2c(c1)nc1cc(N3CC(F)C3)ccn12. The van der Waals surface area contributed by atoms with Crippen molar-refractivity contribution >= 4 is 22.4 Å². The summed E-state index contributed by atoms with van der Waals surface area (Å²) in [6.45, 7) is 0.871. The van der Waals surface area contributed by atoms with Crippen molar-refractivity contribution in [1.82, 2.24) is 9.38 Å². The zero-order valence-electron chi connectivity index (χ0n) is 10.1. The molecule has 3 aromatic rings. The second-order valence-corrected chi connectivity index (χ2v) is 4.86. The molecule has 0 spiro atoms. The normalized spacial score (nSPS) is 16.2. The molecule has 2 aromatic heterocycles. The molecule has 0 amide bonds. The Labute approximate surface area is 108 Å². The van der Waals surface area contributed by atoms with Crippen LogP contribution in [0.3, 0.4) is 0 Å². The summed E-state index contributed by atoms with van der Waals surface area (Å²) in [7, 11) is 0. The van der Waals surface area contributed by atoms with Crippen molar-refractivity contribution in [2.75, 3.05) is 18.0 Å². The van der Waals surface area contributed by atoms with Crippen molar-refractivity contribution in [2.24, 2.45) is 0 Å². The Hall–Kier alpha value is -2.17. The molecule has 0 aliphatic carbocycles. The maximum absolute atomic E-state index is 13.2. The van der Waals surface area contributed by atoms with E-state index in [-0.39, 0.29) is 5.82 Å². The standard InChI is InChI=1S/C14H11F2N3/c15-9-1-2-13-12(5-9)17-14-6-11(3-4-19(13)14)18-7-10(16)8-18/h1-6,10H,7-8H2. The molecule has 0 atom stereocenters.